The van der Waals surface area contributed by atoms with Crippen LogP contribution in [0.1, 0.15) is 226 Å². The Hall–Kier alpha value is -4.70. The van der Waals surface area contributed by atoms with Crippen molar-refractivity contribution < 1.29 is 18.9 Å². The molecule has 0 N–H and O–H groups in total. The second kappa shape index (κ2) is 29.7. The van der Waals surface area contributed by atoms with Gasteiger partial charge in [0.05, 0.1) is 0 Å². The van der Waals surface area contributed by atoms with Crippen LogP contribution in [0, 0.1) is 0 Å². The van der Waals surface area contributed by atoms with Gasteiger partial charge in [-0.15, -0.1) is 0 Å². The first-order valence-electron chi connectivity index (χ1n) is 30.9. The molecule has 2 heterocycles. The molecule has 9 rings (SSSR count). The van der Waals surface area contributed by atoms with Crippen molar-refractivity contribution in [1.29, 1.82) is 0 Å². The van der Waals surface area contributed by atoms with E-state index in [2.05, 4.69) is 159 Å². The Bertz CT molecular complexity index is 2530. The zero-order chi connectivity index (χ0) is 53.8. The molecule has 2 aromatic heterocycles. The van der Waals surface area contributed by atoms with Crippen LogP contribution in [0.5, 0.6) is 23.0 Å². The maximum absolute atomic E-state index is 6.46. The van der Waals surface area contributed by atoms with E-state index in [0.29, 0.717) is 0 Å². The number of unbranched alkanes of at least 4 members (excludes halogenated alkanes) is 20. The van der Waals surface area contributed by atoms with E-state index < -0.39 is 10.8 Å². The summed E-state index contributed by atoms with van der Waals surface area (Å²) in [6.07, 6.45) is 30.1. The Morgan fingerprint density at radius 2 is 0.526 bits per heavy atom. The quantitative estimate of drug-likeness (QED) is 0.0290. The van der Waals surface area contributed by atoms with Crippen LogP contribution in [-0.4, -0.2) is 55.4 Å². The molecule has 5 aromatic carbocycles. The third-order valence-corrected chi connectivity index (χ3v) is 20.8. The van der Waals surface area contributed by atoms with Gasteiger partial charge >= 0.3 is 381 Å². The van der Waals surface area contributed by atoms with Gasteiger partial charge < -0.3 is 0 Å². The summed E-state index contributed by atoms with van der Waals surface area (Å²) in [5, 5.41) is 0. The number of benzene rings is 5. The summed E-state index contributed by atoms with van der Waals surface area (Å²) in [5.41, 5.74) is 12.5. The maximum atomic E-state index is 6.46. The van der Waals surface area contributed by atoms with Crippen molar-refractivity contribution >= 4 is 29.0 Å². The van der Waals surface area contributed by atoms with E-state index in [-0.39, 0.29) is 29.0 Å². The van der Waals surface area contributed by atoms with E-state index in [9.17, 15) is 0 Å². The van der Waals surface area contributed by atoms with Gasteiger partial charge in [-0.25, -0.2) is 0 Å². The van der Waals surface area contributed by atoms with Crippen molar-refractivity contribution in [2.24, 2.45) is 0 Å². The first-order valence-corrected chi connectivity index (χ1v) is 34.6. The molecule has 0 saturated carbocycles. The number of ether oxygens (including phenoxy) is 4. The molecule has 0 amide bonds. The molecular weight excluding hydrogens is 1090 g/mol. The molecule has 2 aliphatic rings. The van der Waals surface area contributed by atoms with Crippen LogP contribution in [0.25, 0.3) is 20.0 Å². The fourth-order valence-electron chi connectivity index (χ4n) is 12.6. The van der Waals surface area contributed by atoms with Crippen molar-refractivity contribution in [2.75, 3.05) is 26.4 Å². The summed E-state index contributed by atoms with van der Waals surface area (Å²) in [4.78, 5) is 4.92. The van der Waals surface area contributed by atoms with E-state index >= 15 is 0 Å². The van der Waals surface area contributed by atoms with Gasteiger partial charge in [0.1, 0.15) is 0 Å². The molecule has 78 heavy (non-hydrogen) atoms. The third kappa shape index (κ3) is 13.2. The Labute approximate surface area is 482 Å². The van der Waals surface area contributed by atoms with Crippen molar-refractivity contribution in [2.45, 2.75) is 193 Å². The van der Waals surface area contributed by atoms with Gasteiger partial charge in [0.15, 0.2) is 0 Å². The van der Waals surface area contributed by atoms with Crippen LogP contribution in [0.3, 0.4) is 0 Å². The van der Waals surface area contributed by atoms with E-state index in [1.54, 1.807) is 0 Å². The summed E-state index contributed by atoms with van der Waals surface area (Å²) < 4.78 is 28.8. The van der Waals surface area contributed by atoms with Crippen molar-refractivity contribution in [3.63, 3.8) is 0 Å². The first-order chi connectivity index (χ1) is 38.6. The Morgan fingerprint density at radius 1 is 0.282 bits per heavy atom. The molecule has 0 unspecified atom stereocenters. The summed E-state index contributed by atoms with van der Waals surface area (Å²) in [6, 6.07) is 47.1. The summed E-state index contributed by atoms with van der Waals surface area (Å²) in [5.74, 6) is 3.80. The van der Waals surface area contributed by atoms with Crippen LogP contribution < -0.4 is 18.9 Å². The molecular formula is C72H90O4Se2. The average Bonchev–Trinajstić information content (AvgIpc) is 4.16. The fourth-order valence-corrected chi connectivity index (χ4v) is 16.7. The van der Waals surface area contributed by atoms with Gasteiger partial charge in [0, 0.05) is 0 Å². The van der Waals surface area contributed by atoms with Gasteiger partial charge in [-0.1, -0.05) is 105 Å². The van der Waals surface area contributed by atoms with Crippen LogP contribution in [-0.2, 0) is 10.8 Å². The fraction of sp³-hybridized carbons (Fsp3) is 0.472. The van der Waals surface area contributed by atoms with E-state index in [0.717, 1.165) is 75.1 Å². The molecule has 414 valence electrons. The molecule has 0 bridgehead atoms. The van der Waals surface area contributed by atoms with E-state index in [1.807, 2.05) is 0 Å². The van der Waals surface area contributed by atoms with E-state index in [1.165, 1.54) is 193 Å². The molecule has 7 aromatic rings. The van der Waals surface area contributed by atoms with Gasteiger partial charge in [-0.3, -0.25) is 0 Å². The molecule has 4 nitrogen and oxygen atoms in total. The number of rotatable bonds is 36. The third-order valence-electron chi connectivity index (χ3n) is 16.8. The monoisotopic (exact) mass is 1180 g/mol. The van der Waals surface area contributed by atoms with Crippen LogP contribution >= 0.6 is 0 Å². The molecule has 6 heteroatoms. The number of hydrogen-bond acceptors (Lipinski definition) is 4. The average molecular weight is 1180 g/mol. The second-order valence-electron chi connectivity index (χ2n) is 22.3. The molecule has 0 spiro atoms. The van der Waals surface area contributed by atoms with Crippen molar-refractivity contribution in [1.82, 2.24) is 0 Å². The van der Waals surface area contributed by atoms with Crippen LogP contribution in [0.15, 0.2) is 131 Å². The Kier molecular flexibility index (Phi) is 22.1. The Morgan fingerprint density at radius 3 is 0.782 bits per heavy atom. The molecule has 2 aliphatic carbocycles. The number of hydrogen-bond donors (Lipinski definition) is 0. The minimum absolute atomic E-state index is 0.172. The van der Waals surface area contributed by atoms with E-state index in [4.69, 9.17) is 18.9 Å². The number of fused-ring (bicyclic) bond motifs is 6. The standard InChI is InChI=1S/C72H90O4Se2/c1-5-9-13-17-21-25-47-73-59-37-29-55(30-38-59)71(56-31-39-60(40-32-56)74-48-26-22-18-14-10-6-2)65-45-51-77-69(65)63-54-68-64(53-67(63)71)70-66(46-52-78-70)72(68,57-33-41-61(42-34-57)75-49-27-23-19-15-11-7-3)58-35-43-62(44-36-58)76-50-28-24-20-16-12-8-4/h29-46,51-54H,5-28,47-50H2,1-4H3. The van der Waals surface area contributed by atoms with Crippen LogP contribution in [0.2, 0.25) is 0 Å². The topological polar surface area (TPSA) is 36.9 Å². The zero-order valence-corrected chi connectivity index (χ0v) is 51.4. The molecule has 0 saturated heterocycles. The SMILES string of the molecule is CCCCCCCCOc1ccc(C2(c3ccc(OCCCCCCCC)cc3)c3cc4c(cc3-c3[se]ccc32)C(c2ccc(OCCCCCCCC)cc2)(c2ccc(OCCCCCCCC)cc2)c2cc[se]c2-4)cc1. The summed E-state index contributed by atoms with van der Waals surface area (Å²) in [7, 11) is 0. The van der Waals surface area contributed by atoms with Gasteiger partial charge in [0.25, 0.3) is 0 Å². The van der Waals surface area contributed by atoms with Crippen LogP contribution in [0.4, 0.5) is 0 Å². The summed E-state index contributed by atoms with van der Waals surface area (Å²) in [6.45, 7) is 12.2. The van der Waals surface area contributed by atoms with Crippen molar-refractivity contribution in [3.05, 3.63) is 176 Å². The molecule has 0 aliphatic heterocycles. The second-order valence-corrected chi connectivity index (χ2v) is 26.2. The zero-order valence-electron chi connectivity index (χ0n) is 48.0. The van der Waals surface area contributed by atoms with Gasteiger partial charge in [-0.2, -0.15) is 0 Å². The predicted molar refractivity (Wildman–Crippen MR) is 330 cm³/mol. The predicted octanol–water partition coefficient (Wildman–Crippen LogP) is 19.5. The molecule has 0 fully saturated rings. The van der Waals surface area contributed by atoms with Gasteiger partial charge in [-0.05, 0) is 0 Å². The normalized spacial score (nSPS) is 13.5. The summed E-state index contributed by atoms with van der Waals surface area (Å²) >= 11 is 0.345. The molecule has 0 radical (unpaired) electrons. The van der Waals surface area contributed by atoms with Gasteiger partial charge in [0.2, 0.25) is 0 Å². The van der Waals surface area contributed by atoms with Crippen molar-refractivity contribution in [3.8, 4) is 43.0 Å². The minimum atomic E-state index is -0.515. The molecule has 0 atom stereocenters. The Balaban J connectivity index is 1.10. The first kappa shape index (κ1) is 58.0.